The van der Waals surface area contributed by atoms with E-state index in [1.54, 1.807) is 28.4 Å². The first-order chi connectivity index (χ1) is 27.5. The van der Waals surface area contributed by atoms with Crippen LogP contribution in [0.5, 0.6) is 11.5 Å². The van der Waals surface area contributed by atoms with Gasteiger partial charge in [0, 0.05) is 39.6 Å². The van der Waals surface area contributed by atoms with Crippen molar-refractivity contribution in [2.24, 2.45) is 5.41 Å². The summed E-state index contributed by atoms with van der Waals surface area (Å²) >= 11 is 0. The summed E-state index contributed by atoms with van der Waals surface area (Å²) in [5, 5.41) is 4.92. The number of ether oxygens (including phenoxy) is 8. The van der Waals surface area contributed by atoms with Crippen molar-refractivity contribution >= 4 is 21.5 Å². The van der Waals surface area contributed by atoms with Gasteiger partial charge in [-0.05, 0) is 45.8 Å². The second-order valence-corrected chi connectivity index (χ2v) is 14.0. The van der Waals surface area contributed by atoms with Gasteiger partial charge in [-0.15, -0.1) is 0 Å². The summed E-state index contributed by atoms with van der Waals surface area (Å²) in [7, 11) is 6.50. The second-order valence-electron chi connectivity index (χ2n) is 14.0. The Labute approximate surface area is 363 Å². The maximum Gasteiger partial charge on any atom is 0.259 e. The summed E-state index contributed by atoms with van der Waals surface area (Å²) in [4.78, 5) is 0. The van der Waals surface area contributed by atoms with Crippen LogP contribution in [0.25, 0.3) is 21.5 Å². The lowest BCUT2D eigenvalue weighted by Crippen LogP contribution is -2.39. The molecule has 0 radical (unpaired) electrons. The molecule has 10 rings (SSSR count). The molecule has 4 aromatic carbocycles. The number of benzene rings is 4. The van der Waals surface area contributed by atoms with Crippen LogP contribution in [0.1, 0.15) is 68.5 Å². The number of fused-ring (bicyclic) bond motifs is 6. The monoisotopic (exact) mass is 829 g/mol. The molecule has 8 heteroatoms. The fourth-order valence-electron chi connectivity index (χ4n) is 7.28. The predicted molar refractivity (Wildman–Crippen MR) is 253 cm³/mol. The Kier molecular flexibility index (Phi) is 23.4. The Morgan fingerprint density at radius 1 is 0.450 bits per heavy atom. The molecule has 4 aromatic rings. The van der Waals surface area contributed by atoms with Crippen molar-refractivity contribution in [3.05, 3.63) is 133 Å². The Morgan fingerprint density at radius 3 is 1.00 bits per heavy atom. The lowest BCUT2D eigenvalue weighted by molar-refractivity contribution is -0.0788. The minimum atomic E-state index is -0.584. The highest BCUT2D eigenvalue weighted by molar-refractivity contribution is 5.86. The summed E-state index contributed by atoms with van der Waals surface area (Å²) < 4.78 is 45.4. The van der Waals surface area contributed by atoms with Gasteiger partial charge in [0.2, 0.25) is 0 Å². The molecule has 2 saturated heterocycles. The van der Waals surface area contributed by atoms with Crippen LogP contribution in [0.15, 0.2) is 121 Å². The average Bonchev–Trinajstić information content (AvgIpc) is 3.61. The molecule has 2 aliphatic carbocycles. The predicted octanol–water partition coefficient (Wildman–Crippen LogP) is 12.2. The van der Waals surface area contributed by atoms with E-state index in [-0.39, 0.29) is 59.5 Å². The molecule has 60 heavy (non-hydrogen) atoms. The zero-order valence-corrected chi connectivity index (χ0v) is 34.4. The summed E-state index contributed by atoms with van der Waals surface area (Å²) in [5.74, 6) is 1.33. The van der Waals surface area contributed by atoms with Crippen molar-refractivity contribution < 1.29 is 37.9 Å². The Hall–Kier alpha value is -4.28. The Morgan fingerprint density at radius 2 is 0.717 bits per heavy atom. The molecule has 8 nitrogen and oxygen atoms in total. The molecule has 332 valence electrons. The third kappa shape index (κ3) is 12.9. The molecule has 2 fully saturated rings. The fourth-order valence-corrected chi connectivity index (χ4v) is 7.28. The standard InChI is InChI=1S/C23H16O2.C17H20O4.2C2H6O.2C2H6.4CH4/c1-3-7-17-11-21-19(9-15(17)5-1)13-23(24-21)14-20-10-16-6-2-4-8-18(16)12-22(20)25-23;1-2-6-14-13(5-1)18-9-17(10-19-14)11-20-15-7-3-4-8-16(15)21-12-17;2*1-3-2;2*1-2;;;;/h1-12H,13-14H2;1-8,13-16H,9-12H2;2*1-2H3;2*1-2H3;4*1H4. The molecule has 0 amide bonds. The topological polar surface area (TPSA) is 73.8 Å². The minimum absolute atomic E-state index is 0. The van der Waals surface area contributed by atoms with E-state index in [0.29, 0.717) is 26.4 Å². The first kappa shape index (κ1) is 53.7. The normalized spacial score (nSPS) is 23.5. The maximum atomic E-state index is 6.35. The van der Waals surface area contributed by atoms with Crippen LogP contribution in [0.2, 0.25) is 0 Å². The molecule has 0 bridgehead atoms. The van der Waals surface area contributed by atoms with Crippen molar-refractivity contribution in [1.29, 1.82) is 0 Å². The van der Waals surface area contributed by atoms with E-state index in [1.165, 1.54) is 32.7 Å². The van der Waals surface area contributed by atoms with Crippen LogP contribution in [0.3, 0.4) is 0 Å². The Bertz CT molecular complexity index is 1680. The summed E-state index contributed by atoms with van der Waals surface area (Å²) in [5.41, 5.74) is 2.24. The van der Waals surface area contributed by atoms with E-state index in [0.717, 1.165) is 24.3 Å². The van der Waals surface area contributed by atoms with Gasteiger partial charge >= 0.3 is 0 Å². The highest BCUT2D eigenvalue weighted by atomic mass is 16.7. The van der Waals surface area contributed by atoms with Crippen LogP contribution < -0.4 is 9.47 Å². The zero-order valence-electron chi connectivity index (χ0n) is 34.4. The van der Waals surface area contributed by atoms with Crippen molar-refractivity contribution in [2.45, 2.75) is 100 Å². The second kappa shape index (κ2) is 26.1. The van der Waals surface area contributed by atoms with Gasteiger partial charge in [-0.2, -0.15) is 0 Å². The minimum Gasteiger partial charge on any atom is -0.451 e. The molecule has 4 heterocycles. The third-order valence-corrected chi connectivity index (χ3v) is 9.77. The van der Waals surface area contributed by atoms with Crippen molar-refractivity contribution in [1.82, 2.24) is 0 Å². The highest BCUT2D eigenvalue weighted by Crippen LogP contribution is 2.46. The fraction of sp³-hybridized carbons (Fsp3) is 0.462. The van der Waals surface area contributed by atoms with Gasteiger partial charge < -0.3 is 37.9 Å². The molecule has 0 aromatic heterocycles. The first-order valence-electron chi connectivity index (χ1n) is 19.8. The van der Waals surface area contributed by atoms with Crippen LogP contribution in [-0.4, -0.2) is 85.1 Å². The van der Waals surface area contributed by atoms with Gasteiger partial charge in [-0.25, -0.2) is 0 Å². The molecular formula is C52H76O8. The molecular weight excluding hydrogens is 753 g/mol. The smallest absolute Gasteiger partial charge is 0.259 e. The summed E-state index contributed by atoms with van der Waals surface area (Å²) in [6, 6.07) is 25.6. The van der Waals surface area contributed by atoms with Gasteiger partial charge in [-0.3, -0.25) is 0 Å². The lowest BCUT2D eigenvalue weighted by atomic mass is 9.92. The SMILES string of the molecule is C.C.C.C.C1=CC2OCC3(COC2C=C1)COC1C=CC=CC1OC3.CC.CC.COC.COC.c1ccc2cc3c(cc2c1)CC1(Cc2cc4ccccc4cc2O1)O3. The van der Waals surface area contributed by atoms with E-state index in [1.807, 2.05) is 76.3 Å². The van der Waals surface area contributed by atoms with Gasteiger partial charge in [-0.1, -0.05) is 155 Å². The van der Waals surface area contributed by atoms with E-state index in [2.05, 4.69) is 82.3 Å². The third-order valence-electron chi connectivity index (χ3n) is 9.77. The van der Waals surface area contributed by atoms with Crippen LogP contribution >= 0.6 is 0 Å². The molecule has 0 N–H and O–H groups in total. The number of hydrogen-bond donors (Lipinski definition) is 0. The van der Waals surface area contributed by atoms with Crippen molar-refractivity contribution in [3.63, 3.8) is 0 Å². The molecule has 4 unspecified atom stereocenters. The zero-order chi connectivity index (χ0) is 40.0. The van der Waals surface area contributed by atoms with Gasteiger partial charge in [0.1, 0.15) is 35.9 Å². The van der Waals surface area contributed by atoms with E-state index in [9.17, 15) is 0 Å². The lowest BCUT2D eigenvalue weighted by Gasteiger charge is -2.28. The maximum absolute atomic E-state index is 6.35. The molecule has 4 aliphatic heterocycles. The van der Waals surface area contributed by atoms with Gasteiger partial charge in [0.15, 0.2) is 0 Å². The molecule has 6 aliphatic rings. The quantitative estimate of drug-likeness (QED) is 0.174. The molecule has 0 saturated carbocycles. The number of hydrogen-bond acceptors (Lipinski definition) is 8. The van der Waals surface area contributed by atoms with Crippen LogP contribution in [-0.2, 0) is 41.3 Å². The van der Waals surface area contributed by atoms with E-state index >= 15 is 0 Å². The number of rotatable bonds is 0. The van der Waals surface area contributed by atoms with E-state index < -0.39 is 5.79 Å². The number of methoxy groups -OCH3 is 2. The first-order valence-corrected chi connectivity index (χ1v) is 19.8. The summed E-state index contributed by atoms with van der Waals surface area (Å²) in [6.07, 6.45) is 17.8. The van der Waals surface area contributed by atoms with Crippen molar-refractivity contribution in [3.8, 4) is 11.5 Å². The molecule has 2 spiro atoms. The van der Waals surface area contributed by atoms with Crippen molar-refractivity contribution in [2.75, 3.05) is 54.9 Å². The van der Waals surface area contributed by atoms with Crippen LogP contribution in [0.4, 0.5) is 0 Å². The van der Waals surface area contributed by atoms with Gasteiger partial charge in [0.25, 0.3) is 5.79 Å². The highest BCUT2D eigenvalue weighted by Gasteiger charge is 2.47. The van der Waals surface area contributed by atoms with Gasteiger partial charge in [0.05, 0.1) is 44.7 Å². The average molecular weight is 829 g/mol. The summed E-state index contributed by atoms with van der Waals surface area (Å²) in [6.45, 7) is 10.4. The molecule has 4 atom stereocenters. The van der Waals surface area contributed by atoms with Crippen LogP contribution in [0, 0.1) is 5.41 Å². The largest absolute Gasteiger partial charge is 0.451 e. The Balaban J connectivity index is 0.000000473. The van der Waals surface area contributed by atoms with E-state index in [4.69, 9.17) is 28.4 Å². The number of allylic oxidation sites excluding steroid dienone is 4.